The molecule has 0 amide bonds. The Labute approximate surface area is 143 Å². The Balaban J connectivity index is 1.89. The third kappa shape index (κ3) is 2.67. The monoisotopic (exact) mass is 332 g/mol. The van der Waals surface area contributed by atoms with E-state index < -0.39 is 23.7 Å². The maximum atomic E-state index is 12.4. The Hall–Kier alpha value is -1.37. The topological polar surface area (TPSA) is 54.0 Å². The zero-order chi connectivity index (χ0) is 17.6. The first-order valence-electron chi connectivity index (χ1n) is 8.43. The lowest BCUT2D eigenvalue weighted by molar-refractivity contribution is -0.169. The maximum Gasteiger partial charge on any atom is 0.494 e. The Morgan fingerprint density at radius 2 is 1.79 bits per heavy atom. The molecule has 0 radical (unpaired) electrons. The first-order valence-corrected chi connectivity index (χ1v) is 8.43. The van der Waals surface area contributed by atoms with Gasteiger partial charge in [-0.05, 0) is 45.6 Å². The molecule has 0 aromatic heterocycles. The van der Waals surface area contributed by atoms with Crippen molar-refractivity contribution in [2.45, 2.75) is 51.2 Å². The SMILES string of the molecule is CCOC(=O)C1(c2cccc(B3OC(C)(C)C(C)(C)O3)c2)COC1. The summed E-state index contributed by atoms with van der Waals surface area (Å²) in [5.74, 6) is -0.234. The molecule has 2 aliphatic rings. The number of carbonyl (C=O) groups is 1. The highest BCUT2D eigenvalue weighted by Crippen LogP contribution is 2.37. The van der Waals surface area contributed by atoms with E-state index in [1.807, 2.05) is 58.9 Å². The zero-order valence-electron chi connectivity index (χ0n) is 15.0. The molecule has 0 unspecified atom stereocenters. The fraction of sp³-hybridized carbons (Fsp3) is 0.611. The summed E-state index contributed by atoms with van der Waals surface area (Å²) in [6, 6.07) is 7.80. The van der Waals surface area contributed by atoms with Crippen LogP contribution < -0.4 is 5.46 Å². The number of esters is 1. The third-order valence-electron chi connectivity index (χ3n) is 5.33. The highest BCUT2D eigenvalue weighted by molar-refractivity contribution is 6.62. The van der Waals surface area contributed by atoms with Gasteiger partial charge >= 0.3 is 13.1 Å². The van der Waals surface area contributed by atoms with Gasteiger partial charge in [0.05, 0.1) is 31.0 Å². The number of carbonyl (C=O) groups excluding carboxylic acids is 1. The van der Waals surface area contributed by atoms with E-state index in [0.29, 0.717) is 19.8 Å². The molecule has 1 aromatic rings. The van der Waals surface area contributed by atoms with Gasteiger partial charge in [0.1, 0.15) is 5.41 Å². The number of rotatable bonds is 4. The lowest BCUT2D eigenvalue weighted by Crippen LogP contribution is -2.54. The molecule has 0 bridgehead atoms. The molecule has 0 N–H and O–H groups in total. The standard InChI is InChI=1S/C18H25BO5/c1-6-22-15(20)18(11-21-12-18)13-8-7-9-14(10-13)19-23-16(2,3)17(4,5)24-19/h7-10H,6,11-12H2,1-5H3. The van der Waals surface area contributed by atoms with Crippen LogP contribution in [0.1, 0.15) is 40.2 Å². The molecular weight excluding hydrogens is 307 g/mol. The predicted octanol–water partition coefficient (Wildman–Crippen LogP) is 1.82. The Kier molecular flexibility index (Phi) is 4.27. The molecule has 24 heavy (non-hydrogen) atoms. The summed E-state index contributed by atoms with van der Waals surface area (Å²) in [7, 11) is -0.449. The van der Waals surface area contributed by atoms with Crippen LogP contribution in [0.4, 0.5) is 0 Å². The van der Waals surface area contributed by atoms with Crippen LogP contribution in [0, 0.1) is 0 Å². The van der Waals surface area contributed by atoms with E-state index in [1.54, 1.807) is 0 Å². The van der Waals surface area contributed by atoms with Crippen LogP contribution in [0.25, 0.3) is 0 Å². The van der Waals surface area contributed by atoms with Gasteiger partial charge in [-0.3, -0.25) is 4.79 Å². The Bertz CT molecular complexity index is 620. The van der Waals surface area contributed by atoms with E-state index in [9.17, 15) is 4.79 Å². The van der Waals surface area contributed by atoms with E-state index >= 15 is 0 Å². The average molecular weight is 332 g/mol. The van der Waals surface area contributed by atoms with Crippen LogP contribution >= 0.6 is 0 Å². The molecular formula is C18H25BO5. The molecule has 6 heteroatoms. The van der Waals surface area contributed by atoms with Gasteiger partial charge in [0.2, 0.25) is 0 Å². The van der Waals surface area contributed by atoms with Gasteiger partial charge in [-0.15, -0.1) is 0 Å². The summed E-state index contributed by atoms with van der Waals surface area (Å²) in [5.41, 5.74) is 0.287. The van der Waals surface area contributed by atoms with Crippen LogP contribution in [-0.2, 0) is 29.0 Å². The van der Waals surface area contributed by atoms with Crippen LogP contribution in [0.5, 0.6) is 0 Å². The first-order chi connectivity index (χ1) is 11.2. The summed E-state index contributed by atoms with van der Waals surface area (Å²) >= 11 is 0. The van der Waals surface area contributed by atoms with Crippen LogP contribution in [0.15, 0.2) is 24.3 Å². The van der Waals surface area contributed by atoms with Crippen LogP contribution in [0.2, 0.25) is 0 Å². The predicted molar refractivity (Wildman–Crippen MR) is 91.3 cm³/mol. The molecule has 130 valence electrons. The zero-order valence-corrected chi connectivity index (χ0v) is 15.0. The molecule has 1 aromatic carbocycles. The van der Waals surface area contributed by atoms with Gasteiger partial charge in [0.15, 0.2) is 0 Å². The largest absolute Gasteiger partial charge is 0.494 e. The molecule has 2 aliphatic heterocycles. The van der Waals surface area contributed by atoms with E-state index in [-0.39, 0.29) is 5.97 Å². The van der Waals surface area contributed by atoms with Crippen molar-refractivity contribution in [3.8, 4) is 0 Å². The van der Waals surface area contributed by atoms with Crippen molar-refractivity contribution in [2.24, 2.45) is 0 Å². The van der Waals surface area contributed by atoms with Gasteiger partial charge in [-0.1, -0.05) is 24.3 Å². The van der Waals surface area contributed by atoms with Crippen molar-refractivity contribution in [3.63, 3.8) is 0 Å². The lowest BCUT2D eigenvalue weighted by Gasteiger charge is -2.39. The summed E-state index contributed by atoms with van der Waals surface area (Å²) in [6.07, 6.45) is 0. The van der Waals surface area contributed by atoms with Gasteiger partial charge in [0, 0.05) is 0 Å². The summed E-state index contributed by atoms with van der Waals surface area (Å²) < 4.78 is 22.8. The van der Waals surface area contributed by atoms with Crippen molar-refractivity contribution in [3.05, 3.63) is 29.8 Å². The Morgan fingerprint density at radius 3 is 2.29 bits per heavy atom. The van der Waals surface area contributed by atoms with Gasteiger partial charge in [0.25, 0.3) is 0 Å². The van der Waals surface area contributed by atoms with Gasteiger partial charge in [-0.25, -0.2) is 0 Å². The molecule has 0 atom stereocenters. The molecule has 2 saturated heterocycles. The Morgan fingerprint density at radius 1 is 1.17 bits per heavy atom. The molecule has 2 fully saturated rings. The van der Waals surface area contributed by atoms with Crippen molar-refractivity contribution in [1.82, 2.24) is 0 Å². The molecule has 0 saturated carbocycles. The van der Waals surface area contributed by atoms with Crippen molar-refractivity contribution < 1.29 is 23.6 Å². The normalized spacial score (nSPS) is 23.6. The van der Waals surface area contributed by atoms with Gasteiger partial charge in [-0.2, -0.15) is 0 Å². The van der Waals surface area contributed by atoms with Gasteiger partial charge < -0.3 is 18.8 Å². The summed E-state index contributed by atoms with van der Waals surface area (Å²) in [5, 5.41) is 0. The first kappa shape index (κ1) is 17.5. The van der Waals surface area contributed by atoms with E-state index in [2.05, 4.69) is 0 Å². The number of hydrogen-bond acceptors (Lipinski definition) is 5. The molecule has 2 heterocycles. The minimum absolute atomic E-state index is 0.234. The second-order valence-corrected chi connectivity index (χ2v) is 7.51. The van der Waals surface area contributed by atoms with E-state index in [1.165, 1.54) is 0 Å². The summed E-state index contributed by atoms with van der Waals surface area (Å²) in [4.78, 5) is 12.4. The van der Waals surface area contributed by atoms with Crippen molar-refractivity contribution in [2.75, 3.05) is 19.8 Å². The second kappa shape index (κ2) is 5.86. The highest BCUT2D eigenvalue weighted by Gasteiger charge is 2.53. The third-order valence-corrected chi connectivity index (χ3v) is 5.33. The van der Waals surface area contributed by atoms with Crippen LogP contribution in [-0.4, -0.2) is 44.1 Å². The fourth-order valence-electron chi connectivity index (χ4n) is 2.94. The van der Waals surface area contributed by atoms with E-state index in [0.717, 1.165) is 11.0 Å². The lowest BCUT2D eigenvalue weighted by atomic mass is 9.73. The molecule has 0 aliphatic carbocycles. The minimum Gasteiger partial charge on any atom is -0.465 e. The highest BCUT2D eigenvalue weighted by atomic mass is 16.7. The second-order valence-electron chi connectivity index (χ2n) is 7.51. The fourth-order valence-corrected chi connectivity index (χ4v) is 2.94. The molecule has 5 nitrogen and oxygen atoms in total. The van der Waals surface area contributed by atoms with Crippen LogP contribution in [0.3, 0.4) is 0 Å². The molecule has 3 rings (SSSR count). The summed E-state index contributed by atoms with van der Waals surface area (Å²) in [6.45, 7) is 11.0. The maximum absolute atomic E-state index is 12.4. The minimum atomic E-state index is -0.713. The number of ether oxygens (including phenoxy) is 2. The average Bonchev–Trinajstić information content (AvgIpc) is 2.67. The smallest absolute Gasteiger partial charge is 0.465 e. The molecule has 0 spiro atoms. The number of benzene rings is 1. The van der Waals surface area contributed by atoms with Crippen molar-refractivity contribution in [1.29, 1.82) is 0 Å². The quantitative estimate of drug-likeness (QED) is 0.622. The van der Waals surface area contributed by atoms with E-state index in [4.69, 9.17) is 18.8 Å². The van der Waals surface area contributed by atoms with Crippen molar-refractivity contribution >= 4 is 18.6 Å². The number of hydrogen-bond donors (Lipinski definition) is 0.